The molecule has 0 spiro atoms. The van der Waals surface area contributed by atoms with E-state index in [-0.39, 0.29) is 0 Å². The molecule has 0 fully saturated rings. The summed E-state index contributed by atoms with van der Waals surface area (Å²) in [5.74, 6) is 1.09. The van der Waals surface area contributed by atoms with Gasteiger partial charge in [-0.15, -0.1) is 0 Å². The third kappa shape index (κ3) is 5.25. The summed E-state index contributed by atoms with van der Waals surface area (Å²) in [6.07, 6.45) is 1.84. The van der Waals surface area contributed by atoms with Crippen molar-refractivity contribution in [1.29, 1.82) is 0 Å². The highest BCUT2D eigenvalue weighted by Gasteiger charge is 2.27. The molecule has 0 amide bonds. The molecule has 0 unspecified atom stereocenters. The van der Waals surface area contributed by atoms with E-state index in [1.807, 2.05) is 36.4 Å². The van der Waals surface area contributed by atoms with E-state index in [0.717, 1.165) is 6.42 Å². The summed E-state index contributed by atoms with van der Waals surface area (Å²) >= 11 is 0. The molecular formula is C16H20NO3P. The number of hydrogen-bond acceptors (Lipinski definition) is 4. The molecule has 0 aliphatic rings. The van der Waals surface area contributed by atoms with E-state index < -0.39 is 7.60 Å². The van der Waals surface area contributed by atoms with Crippen LogP contribution >= 0.6 is 7.60 Å². The van der Waals surface area contributed by atoms with Crippen molar-refractivity contribution in [2.45, 2.75) is 12.8 Å². The van der Waals surface area contributed by atoms with Crippen LogP contribution in [-0.4, -0.2) is 12.7 Å². The highest BCUT2D eigenvalue weighted by Crippen LogP contribution is 2.49. The standard InChI is InChI=1S/C16H20NO3P/c17-13-7-8-14-21(18,19-15-9-3-1-4-10-15)20-16-11-5-2-6-12-16/h1-6,9-12H,7-8,13-14,17H2. The van der Waals surface area contributed by atoms with Gasteiger partial charge >= 0.3 is 7.60 Å². The van der Waals surface area contributed by atoms with Crippen LogP contribution in [0.2, 0.25) is 0 Å². The van der Waals surface area contributed by atoms with Gasteiger partial charge in [0, 0.05) is 0 Å². The molecule has 2 rings (SSSR count). The molecule has 0 heterocycles. The fourth-order valence-electron chi connectivity index (χ4n) is 1.84. The van der Waals surface area contributed by atoms with E-state index in [2.05, 4.69) is 0 Å². The molecule has 0 saturated heterocycles. The molecule has 0 bridgehead atoms. The van der Waals surface area contributed by atoms with Crippen molar-refractivity contribution < 1.29 is 13.6 Å². The maximum Gasteiger partial charge on any atom is 0.430 e. The van der Waals surface area contributed by atoms with Gasteiger partial charge in [0.05, 0.1) is 6.16 Å². The van der Waals surface area contributed by atoms with E-state index in [1.165, 1.54) is 0 Å². The summed E-state index contributed by atoms with van der Waals surface area (Å²) in [6.45, 7) is 0.566. The van der Waals surface area contributed by atoms with Crippen LogP contribution in [0.5, 0.6) is 11.5 Å². The minimum absolute atomic E-state index is 0.341. The second-order valence-corrected chi connectivity index (χ2v) is 6.67. The molecule has 2 aromatic carbocycles. The highest BCUT2D eigenvalue weighted by atomic mass is 31.2. The van der Waals surface area contributed by atoms with Crippen LogP contribution in [0.25, 0.3) is 0 Å². The number of rotatable bonds is 8. The van der Waals surface area contributed by atoms with Crippen molar-refractivity contribution in [2.75, 3.05) is 12.7 Å². The van der Waals surface area contributed by atoms with Gasteiger partial charge in [0.15, 0.2) is 0 Å². The minimum atomic E-state index is -3.25. The molecule has 2 aromatic rings. The second kappa shape index (κ2) is 7.87. The Kier molecular flexibility index (Phi) is 5.85. The lowest BCUT2D eigenvalue weighted by Gasteiger charge is -2.20. The van der Waals surface area contributed by atoms with Gasteiger partial charge in [0.25, 0.3) is 0 Å². The van der Waals surface area contributed by atoms with Crippen LogP contribution in [-0.2, 0) is 4.57 Å². The zero-order chi connectivity index (χ0) is 15.0. The average Bonchev–Trinajstić information content (AvgIpc) is 2.49. The van der Waals surface area contributed by atoms with Crippen molar-refractivity contribution in [3.63, 3.8) is 0 Å². The molecule has 112 valence electrons. The van der Waals surface area contributed by atoms with Crippen LogP contribution in [0.3, 0.4) is 0 Å². The van der Waals surface area contributed by atoms with Gasteiger partial charge in [0.2, 0.25) is 0 Å². The van der Waals surface area contributed by atoms with Crippen LogP contribution < -0.4 is 14.8 Å². The first-order valence-electron chi connectivity index (χ1n) is 7.00. The van der Waals surface area contributed by atoms with E-state index in [4.69, 9.17) is 14.8 Å². The van der Waals surface area contributed by atoms with Gasteiger partial charge in [-0.05, 0) is 43.7 Å². The predicted octanol–water partition coefficient (Wildman–Crippen LogP) is 4.08. The fourth-order valence-corrected chi connectivity index (χ4v) is 3.56. The monoisotopic (exact) mass is 305 g/mol. The van der Waals surface area contributed by atoms with E-state index in [1.54, 1.807) is 24.3 Å². The Bertz CT molecular complexity index is 529. The molecule has 0 radical (unpaired) electrons. The molecule has 0 aliphatic carbocycles. The molecular weight excluding hydrogens is 285 g/mol. The van der Waals surface area contributed by atoms with Crippen molar-refractivity contribution in [3.05, 3.63) is 60.7 Å². The normalized spacial score (nSPS) is 11.1. The lowest BCUT2D eigenvalue weighted by atomic mass is 10.3. The largest absolute Gasteiger partial charge is 0.430 e. The quantitative estimate of drug-likeness (QED) is 0.590. The Labute approximate surface area is 125 Å². The number of nitrogens with two attached hydrogens (primary N) is 1. The first kappa shape index (κ1) is 15.6. The maximum absolute atomic E-state index is 12.9. The lowest BCUT2D eigenvalue weighted by Crippen LogP contribution is -2.07. The minimum Gasteiger partial charge on any atom is -0.416 e. The summed E-state index contributed by atoms with van der Waals surface area (Å²) in [5.41, 5.74) is 5.49. The van der Waals surface area contributed by atoms with Gasteiger partial charge in [-0.2, -0.15) is 0 Å². The number of hydrogen-bond donors (Lipinski definition) is 1. The Morgan fingerprint density at radius 2 is 1.29 bits per heavy atom. The van der Waals surface area contributed by atoms with E-state index in [0.29, 0.717) is 30.6 Å². The molecule has 0 aliphatic heterocycles. The third-order valence-electron chi connectivity index (χ3n) is 2.86. The smallest absolute Gasteiger partial charge is 0.416 e. The summed E-state index contributed by atoms with van der Waals surface area (Å²) in [5, 5.41) is 0. The Balaban J connectivity index is 2.11. The Morgan fingerprint density at radius 3 is 1.71 bits per heavy atom. The zero-order valence-electron chi connectivity index (χ0n) is 11.9. The van der Waals surface area contributed by atoms with E-state index in [9.17, 15) is 4.57 Å². The SMILES string of the molecule is NCCCCP(=O)(Oc1ccccc1)Oc1ccccc1. The summed E-state index contributed by atoms with van der Waals surface area (Å²) in [6, 6.07) is 18.2. The molecule has 21 heavy (non-hydrogen) atoms. The summed E-state index contributed by atoms with van der Waals surface area (Å²) < 4.78 is 24.2. The van der Waals surface area contributed by atoms with Gasteiger partial charge in [0.1, 0.15) is 11.5 Å². The topological polar surface area (TPSA) is 61.6 Å². The van der Waals surface area contributed by atoms with Crippen LogP contribution in [0.1, 0.15) is 12.8 Å². The Hall–Kier alpha value is -1.77. The van der Waals surface area contributed by atoms with E-state index >= 15 is 0 Å². The van der Waals surface area contributed by atoms with Crippen molar-refractivity contribution in [3.8, 4) is 11.5 Å². The zero-order valence-corrected chi connectivity index (χ0v) is 12.7. The number of para-hydroxylation sites is 2. The van der Waals surface area contributed by atoms with Gasteiger partial charge in [-0.1, -0.05) is 36.4 Å². The van der Waals surface area contributed by atoms with Crippen molar-refractivity contribution >= 4 is 7.60 Å². The molecule has 2 N–H and O–H groups in total. The highest BCUT2D eigenvalue weighted by molar-refractivity contribution is 7.54. The van der Waals surface area contributed by atoms with Gasteiger partial charge < -0.3 is 14.8 Å². The first-order chi connectivity index (χ1) is 10.2. The lowest BCUT2D eigenvalue weighted by molar-refractivity contribution is 0.384. The van der Waals surface area contributed by atoms with Crippen molar-refractivity contribution in [2.24, 2.45) is 5.73 Å². The molecule has 5 heteroatoms. The third-order valence-corrected chi connectivity index (χ3v) is 4.70. The van der Waals surface area contributed by atoms with Crippen LogP contribution in [0, 0.1) is 0 Å². The summed E-state index contributed by atoms with van der Waals surface area (Å²) in [4.78, 5) is 0. The number of unbranched alkanes of at least 4 members (excludes halogenated alkanes) is 1. The van der Waals surface area contributed by atoms with Gasteiger partial charge in [-0.3, -0.25) is 0 Å². The van der Waals surface area contributed by atoms with Crippen LogP contribution in [0.15, 0.2) is 60.7 Å². The van der Waals surface area contributed by atoms with Crippen molar-refractivity contribution in [1.82, 2.24) is 0 Å². The fraction of sp³-hybridized carbons (Fsp3) is 0.250. The number of benzene rings is 2. The summed E-state index contributed by atoms with van der Waals surface area (Å²) in [7, 11) is -3.25. The van der Waals surface area contributed by atoms with Gasteiger partial charge in [-0.25, -0.2) is 4.57 Å². The molecule has 4 nitrogen and oxygen atoms in total. The Morgan fingerprint density at radius 1 is 0.810 bits per heavy atom. The predicted molar refractivity (Wildman–Crippen MR) is 84.9 cm³/mol. The average molecular weight is 305 g/mol. The molecule has 0 aromatic heterocycles. The first-order valence-corrected chi connectivity index (χ1v) is 8.73. The second-order valence-electron chi connectivity index (χ2n) is 4.64. The maximum atomic E-state index is 12.9. The molecule has 0 saturated carbocycles. The van der Waals surface area contributed by atoms with Crippen LogP contribution in [0.4, 0.5) is 0 Å². The molecule has 0 atom stereocenters.